The van der Waals surface area contributed by atoms with E-state index in [1.54, 1.807) is 29.2 Å². The monoisotopic (exact) mass is 344 g/mol. The largest absolute Gasteiger partial charge is 0.362 e. The Kier molecular flexibility index (Phi) is 5.08. The third-order valence-corrected chi connectivity index (χ3v) is 3.85. The first-order valence-electron chi connectivity index (χ1n) is 8.18. The molecule has 0 spiro atoms. The molecule has 2 heterocycles. The molecule has 8 nitrogen and oxygen atoms in total. The van der Waals surface area contributed by atoms with Crippen molar-refractivity contribution in [1.82, 2.24) is 15.5 Å². The molecule has 0 bridgehead atoms. The Labute approximate surface area is 145 Å². The number of aromatic nitrogens is 2. The van der Waals surface area contributed by atoms with E-state index in [1.165, 1.54) is 0 Å². The van der Waals surface area contributed by atoms with Gasteiger partial charge in [-0.1, -0.05) is 24.2 Å². The van der Waals surface area contributed by atoms with Crippen molar-refractivity contribution in [3.63, 3.8) is 0 Å². The number of rotatable bonds is 5. The summed E-state index contributed by atoms with van der Waals surface area (Å²) in [5.74, 6) is 0.527. The molecule has 132 valence electrons. The molecule has 1 atom stereocenters. The van der Waals surface area contributed by atoms with Crippen molar-refractivity contribution in [3.8, 4) is 0 Å². The highest BCUT2D eigenvalue weighted by Crippen LogP contribution is 2.23. The maximum absolute atomic E-state index is 12.6. The minimum atomic E-state index is -0.231. The third kappa shape index (κ3) is 3.85. The number of nitrogens with one attached hydrogen (secondary N) is 1. The maximum atomic E-state index is 12.6. The Balaban J connectivity index is 1.67. The molecule has 1 aromatic heterocycles. The number of amides is 2. The van der Waals surface area contributed by atoms with E-state index < -0.39 is 0 Å². The van der Waals surface area contributed by atoms with Crippen LogP contribution in [0.25, 0.3) is 0 Å². The van der Waals surface area contributed by atoms with E-state index in [0.29, 0.717) is 35.9 Å². The summed E-state index contributed by atoms with van der Waals surface area (Å²) < 4.78 is 10.4. The zero-order valence-electron chi connectivity index (χ0n) is 14.2. The van der Waals surface area contributed by atoms with Crippen LogP contribution in [0.5, 0.6) is 0 Å². The summed E-state index contributed by atoms with van der Waals surface area (Å²) in [6.07, 6.45) is 0.673. The molecular formula is C17H20N4O4. The molecule has 3 rings (SSSR count). The first kappa shape index (κ1) is 17.1. The fourth-order valence-corrected chi connectivity index (χ4v) is 2.65. The lowest BCUT2D eigenvalue weighted by Crippen LogP contribution is -2.42. The van der Waals surface area contributed by atoms with Gasteiger partial charge in [0, 0.05) is 19.0 Å². The second-order valence-electron chi connectivity index (χ2n) is 5.85. The summed E-state index contributed by atoms with van der Waals surface area (Å²) in [5.41, 5.74) is 1.06. The summed E-state index contributed by atoms with van der Waals surface area (Å²) in [5, 5.41) is 6.64. The average Bonchev–Trinajstić information content (AvgIpc) is 3.02. The lowest BCUT2D eigenvalue weighted by molar-refractivity contribution is -0.123. The van der Waals surface area contributed by atoms with Crippen molar-refractivity contribution in [2.24, 2.45) is 0 Å². The highest BCUT2D eigenvalue weighted by Gasteiger charge is 2.27. The smallest absolute Gasteiger partial charge is 0.253 e. The predicted octanol–water partition coefficient (Wildman–Crippen LogP) is 1.31. The van der Waals surface area contributed by atoms with Gasteiger partial charge in [0.15, 0.2) is 5.82 Å². The highest BCUT2D eigenvalue weighted by molar-refractivity contribution is 6.06. The van der Waals surface area contributed by atoms with Crippen molar-refractivity contribution in [2.75, 3.05) is 18.1 Å². The van der Waals surface area contributed by atoms with Gasteiger partial charge in [0.25, 0.3) is 17.7 Å². The first-order valence-corrected chi connectivity index (χ1v) is 8.18. The Morgan fingerprint density at radius 2 is 2.24 bits per heavy atom. The molecule has 0 aliphatic carbocycles. The van der Waals surface area contributed by atoms with Crippen LogP contribution in [-0.2, 0) is 22.6 Å². The van der Waals surface area contributed by atoms with Gasteiger partial charge in [0.2, 0.25) is 0 Å². The minimum Gasteiger partial charge on any atom is -0.362 e. The van der Waals surface area contributed by atoms with E-state index in [9.17, 15) is 9.59 Å². The van der Waals surface area contributed by atoms with Crippen LogP contribution in [0.2, 0.25) is 0 Å². The molecule has 1 aromatic carbocycles. The van der Waals surface area contributed by atoms with Crippen molar-refractivity contribution < 1.29 is 18.8 Å². The Morgan fingerprint density at radius 3 is 3.00 bits per heavy atom. The summed E-state index contributed by atoms with van der Waals surface area (Å²) >= 11 is 0. The summed E-state index contributed by atoms with van der Waals surface area (Å²) in [7, 11) is 0. The number of fused-ring (bicyclic) bond motifs is 1. The van der Waals surface area contributed by atoms with Crippen molar-refractivity contribution in [1.29, 1.82) is 0 Å². The van der Waals surface area contributed by atoms with Crippen LogP contribution < -0.4 is 10.2 Å². The topological polar surface area (TPSA) is 97.6 Å². The van der Waals surface area contributed by atoms with Crippen molar-refractivity contribution >= 4 is 17.5 Å². The average molecular weight is 344 g/mol. The van der Waals surface area contributed by atoms with E-state index in [-0.39, 0.29) is 31.1 Å². The molecule has 1 aliphatic rings. The number of hydrogen-bond acceptors (Lipinski definition) is 6. The van der Waals surface area contributed by atoms with Crippen LogP contribution in [0.3, 0.4) is 0 Å². The fourth-order valence-electron chi connectivity index (χ4n) is 2.65. The standard InChI is InChI=1S/C17H20N4O4/c1-3-14-19-15(25-20-14)9-24-10-16(22)21-8-11(2)18-17(23)12-6-4-5-7-13(12)21/h4-7,11H,3,8-10H2,1-2H3,(H,18,23). The number of nitrogens with zero attached hydrogens (tertiary/aromatic N) is 3. The van der Waals surface area contributed by atoms with Gasteiger partial charge in [-0.2, -0.15) is 4.98 Å². The second kappa shape index (κ2) is 7.43. The quantitative estimate of drug-likeness (QED) is 0.878. The number of ether oxygens (including phenoxy) is 1. The van der Waals surface area contributed by atoms with E-state index in [2.05, 4.69) is 15.5 Å². The number of aryl methyl sites for hydroxylation is 1. The van der Waals surface area contributed by atoms with E-state index >= 15 is 0 Å². The molecule has 1 unspecified atom stereocenters. The Hall–Kier alpha value is -2.74. The molecule has 0 saturated heterocycles. The van der Waals surface area contributed by atoms with Crippen LogP contribution in [0.15, 0.2) is 28.8 Å². The lowest BCUT2D eigenvalue weighted by atomic mass is 10.1. The Morgan fingerprint density at radius 1 is 1.44 bits per heavy atom. The van der Waals surface area contributed by atoms with Gasteiger partial charge in [-0.05, 0) is 19.1 Å². The predicted molar refractivity (Wildman–Crippen MR) is 89.1 cm³/mol. The molecule has 1 N–H and O–H groups in total. The molecule has 0 fully saturated rings. The molecule has 2 aromatic rings. The number of anilines is 1. The second-order valence-corrected chi connectivity index (χ2v) is 5.85. The maximum Gasteiger partial charge on any atom is 0.253 e. The third-order valence-electron chi connectivity index (χ3n) is 3.85. The van der Waals surface area contributed by atoms with Crippen molar-refractivity contribution in [3.05, 3.63) is 41.5 Å². The van der Waals surface area contributed by atoms with Crippen molar-refractivity contribution in [2.45, 2.75) is 32.9 Å². The van der Waals surface area contributed by atoms with Crippen LogP contribution in [0, 0.1) is 0 Å². The van der Waals surface area contributed by atoms with Gasteiger partial charge in [-0.3, -0.25) is 9.59 Å². The molecule has 1 aliphatic heterocycles. The van der Waals surface area contributed by atoms with E-state index in [1.807, 2.05) is 13.8 Å². The van der Waals surface area contributed by atoms with Crippen LogP contribution >= 0.6 is 0 Å². The zero-order chi connectivity index (χ0) is 17.8. The summed E-state index contributed by atoms with van der Waals surface area (Å²) in [6, 6.07) is 6.87. The molecule has 25 heavy (non-hydrogen) atoms. The van der Waals surface area contributed by atoms with Crippen LogP contribution in [-0.4, -0.2) is 41.1 Å². The zero-order valence-corrected chi connectivity index (χ0v) is 14.2. The van der Waals surface area contributed by atoms with Gasteiger partial charge in [0.1, 0.15) is 13.2 Å². The van der Waals surface area contributed by atoms with Crippen LogP contribution in [0.4, 0.5) is 5.69 Å². The highest BCUT2D eigenvalue weighted by atomic mass is 16.5. The number of carbonyl (C=O) groups excluding carboxylic acids is 2. The minimum absolute atomic E-state index is 0.0704. The molecule has 0 saturated carbocycles. The molecule has 2 amide bonds. The summed E-state index contributed by atoms with van der Waals surface area (Å²) in [4.78, 5) is 30.5. The van der Waals surface area contributed by atoms with E-state index in [0.717, 1.165) is 0 Å². The molecule has 0 radical (unpaired) electrons. The number of para-hydroxylation sites is 1. The van der Waals surface area contributed by atoms with Gasteiger partial charge >= 0.3 is 0 Å². The van der Waals surface area contributed by atoms with Gasteiger partial charge in [0.05, 0.1) is 11.3 Å². The number of carbonyl (C=O) groups is 2. The first-order chi connectivity index (χ1) is 12.1. The summed E-state index contributed by atoms with van der Waals surface area (Å²) in [6.45, 7) is 4.09. The van der Waals surface area contributed by atoms with Gasteiger partial charge in [-0.15, -0.1) is 0 Å². The van der Waals surface area contributed by atoms with E-state index in [4.69, 9.17) is 9.26 Å². The normalized spacial score (nSPS) is 17.0. The molecular weight excluding hydrogens is 324 g/mol. The van der Waals surface area contributed by atoms with Gasteiger partial charge < -0.3 is 19.5 Å². The fraction of sp³-hybridized carbons (Fsp3) is 0.412. The number of hydrogen-bond donors (Lipinski definition) is 1. The SMILES string of the molecule is CCc1noc(COCC(=O)N2CC(C)NC(=O)c3ccccc32)n1. The Bertz CT molecular complexity index is 774. The molecule has 8 heteroatoms. The van der Waals surface area contributed by atoms with Gasteiger partial charge in [-0.25, -0.2) is 0 Å². The van der Waals surface area contributed by atoms with Crippen LogP contribution in [0.1, 0.15) is 35.9 Å². The number of benzene rings is 1. The lowest BCUT2D eigenvalue weighted by Gasteiger charge is -2.23.